The van der Waals surface area contributed by atoms with Crippen LogP contribution in [0.2, 0.25) is 10.0 Å². The van der Waals surface area contributed by atoms with Crippen LogP contribution in [-0.4, -0.2) is 18.5 Å². The number of amides is 1. The third kappa shape index (κ3) is 3.61. The highest BCUT2D eigenvalue weighted by Crippen LogP contribution is 2.30. The first-order chi connectivity index (χ1) is 9.08. The van der Waals surface area contributed by atoms with Crippen LogP contribution in [-0.2, 0) is 14.3 Å². The van der Waals surface area contributed by atoms with Gasteiger partial charge in [-0.15, -0.1) is 0 Å². The number of anilines is 1. The number of carbonyl (C=O) groups is 2. The number of halogens is 2. The van der Waals surface area contributed by atoms with E-state index in [4.69, 9.17) is 27.9 Å². The van der Waals surface area contributed by atoms with E-state index < -0.39 is 5.91 Å². The molecule has 2 rings (SSSR count). The maximum Gasteiger partial charge on any atom is 0.309 e. The topological polar surface area (TPSA) is 55.4 Å². The Balaban J connectivity index is 1.85. The minimum absolute atomic E-state index is 0.0447. The first-order valence-corrected chi connectivity index (χ1v) is 6.74. The SMILES string of the molecule is O=C(COC(=O)C1CCC1)Nc1c(Cl)cccc1Cl. The molecule has 1 saturated carbocycles. The van der Waals surface area contributed by atoms with Crippen LogP contribution in [0, 0.1) is 5.92 Å². The number of hydrogen-bond donors (Lipinski definition) is 1. The molecular formula is C13H13Cl2NO3. The molecular weight excluding hydrogens is 289 g/mol. The lowest BCUT2D eigenvalue weighted by molar-refractivity contribution is -0.154. The number of esters is 1. The summed E-state index contributed by atoms with van der Waals surface area (Å²) >= 11 is 11.8. The van der Waals surface area contributed by atoms with Gasteiger partial charge in [0.2, 0.25) is 0 Å². The summed E-state index contributed by atoms with van der Waals surface area (Å²) in [6.07, 6.45) is 2.73. The first kappa shape index (κ1) is 14.2. The molecule has 1 aromatic rings. The van der Waals surface area contributed by atoms with Crippen molar-refractivity contribution >= 4 is 40.8 Å². The monoisotopic (exact) mass is 301 g/mol. The van der Waals surface area contributed by atoms with E-state index in [0.29, 0.717) is 15.7 Å². The molecule has 0 saturated heterocycles. The highest BCUT2D eigenvalue weighted by Gasteiger charge is 2.27. The van der Waals surface area contributed by atoms with Crippen molar-refractivity contribution in [1.82, 2.24) is 0 Å². The van der Waals surface area contributed by atoms with Gasteiger partial charge in [0.25, 0.3) is 5.91 Å². The standard InChI is InChI=1S/C13H13Cl2NO3/c14-9-5-2-6-10(15)12(9)16-11(17)7-19-13(18)8-3-1-4-8/h2,5-6,8H,1,3-4,7H2,(H,16,17). The molecule has 1 aliphatic carbocycles. The molecule has 19 heavy (non-hydrogen) atoms. The van der Waals surface area contributed by atoms with Gasteiger partial charge in [-0.05, 0) is 25.0 Å². The molecule has 0 radical (unpaired) electrons. The summed E-state index contributed by atoms with van der Waals surface area (Å²) in [4.78, 5) is 23.1. The Morgan fingerprint density at radius 2 is 1.89 bits per heavy atom. The van der Waals surface area contributed by atoms with Crippen molar-refractivity contribution < 1.29 is 14.3 Å². The van der Waals surface area contributed by atoms with E-state index in [2.05, 4.69) is 5.32 Å². The van der Waals surface area contributed by atoms with E-state index in [1.165, 1.54) is 0 Å². The molecule has 0 spiro atoms. The van der Waals surface area contributed by atoms with Gasteiger partial charge in [0.1, 0.15) is 0 Å². The lowest BCUT2D eigenvalue weighted by Gasteiger charge is -2.22. The van der Waals surface area contributed by atoms with Crippen LogP contribution in [0.15, 0.2) is 18.2 Å². The van der Waals surface area contributed by atoms with Gasteiger partial charge in [0, 0.05) is 0 Å². The van der Waals surface area contributed by atoms with E-state index in [9.17, 15) is 9.59 Å². The van der Waals surface area contributed by atoms with Crippen molar-refractivity contribution in [2.75, 3.05) is 11.9 Å². The second-order valence-electron chi connectivity index (χ2n) is 4.38. The Hall–Kier alpha value is -1.26. The normalized spacial score (nSPS) is 14.6. The van der Waals surface area contributed by atoms with E-state index in [1.54, 1.807) is 18.2 Å². The van der Waals surface area contributed by atoms with Gasteiger partial charge in [-0.25, -0.2) is 0 Å². The van der Waals surface area contributed by atoms with Crippen molar-refractivity contribution in [2.45, 2.75) is 19.3 Å². The molecule has 1 aliphatic rings. The van der Waals surface area contributed by atoms with Crippen molar-refractivity contribution in [3.63, 3.8) is 0 Å². The van der Waals surface area contributed by atoms with Gasteiger partial charge in [-0.1, -0.05) is 35.7 Å². The second-order valence-corrected chi connectivity index (χ2v) is 5.19. The molecule has 0 heterocycles. The molecule has 0 bridgehead atoms. The number of ether oxygens (including phenoxy) is 1. The molecule has 1 N–H and O–H groups in total. The van der Waals surface area contributed by atoms with Crippen molar-refractivity contribution in [3.8, 4) is 0 Å². The van der Waals surface area contributed by atoms with E-state index in [1.807, 2.05) is 0 Å². The fourth-order valence-electron chi connectivity index (χ4n) is 1.69. The zero-order chi connectivity index (χ0) is 13.8. The Bertz CT molecular complexity index is 480. The van der Waals surface area contributed by atoms with Gasteiger partial charge in [-0.2, -0.15) is 0 Å². The molecule has 6 heteroatoms. The predicted molar refractivity (Wildman–Crippen MR) is 73.4 cm³/mol. The summed E-state index contributed by atoms with van der Waals surface area (Å²) in [6, 6.07) is 4.91. The van der Waals surface area contributed by atoms with Gasteiger partial charge >= 0.3 is 5.97 Å². The Morgan fingerprint density at radius 1 is 1.26 bits per heavy atom. The average Bonchev–Trinajstić information content (AvgIpc) is 2.29. The molecule has 1 amide bonds. The van der Waals surface area contributed by atoms with Gasteiger partial charge in [0.05, 0.1) is 21.7 Å². The molecule has 0 atom stereocenters. The van der Waals surface area contributed by atoms with Crippen molar-refractivity contribution in [2.24, 2.45) is 5.92 Å². The summed E-state index contributed by atoms with van der Waals surface area (Å²) in [5, 5.41) is 3.21. The largest absolute Gasteiger partial charge is 0.455 e. The van der Waals surface area contributed by atoms with Crippen LogP contribution in [0.5, 0.6) is 0 Å². The third-order valence-electron chi connectivity index (χ3n) is 3.01. The molecule has 102 valence electrons. The molecule has 1 fully saturated rings. The number of nitrogens with one attached hydrogen (secondary N) is 1. The summed E-state index contributed by atoms with van der Waals surface area (Å²) < 4.78 is 4.92. The van der Waals surface area contributed by atoms with E-state index in [0.717, 1.165) is 19.3 Å². The molecule has 1 aromatic carbocycles. The molecule has 0 aliphatic heterocycles. The zero-order valence-electron chi connectivity index (χ0n) is 10.1. The smallest absolute Gasteiger partial charge is 0.309 e. The van der Waals surface area contributed by atoms with Gasteiger partial charge in [-0.3, -0.25) is 9.59 Å². The summed E-state index contributed by atoms with van der Waals surface area (Å²) in [5.74, 6) is -0.814. The van der Waals surface area contributed by atoms with Crippen molar-refractivity contribution in [3.05, 3.63) is 28.2 Å². The van der Waals surface area contributed by atoms with Crippen LogP contribution >= 0.6 is 23.2 Å². The average molecular weight is 302 g/mol. The molecule has 0 aromatic heterocycles. The number of rotatable bonds is 4. The lowest BCUT2D eigenvalue weighted by Crippen LogP contribution is -2.28. The Kier molecular flexibility index (Phi) is 4.66. The van der Waals surface area contributed by atoms with Crippen LogP contribution < -0.4 is 5.32 Å². The maximum atomic E-state index is 11.6. The summed E-state index contributed by atoms with van der Waals surface area (Å²) in [7, 11) is 0. The number of hydrogen-bond acceptors (Lipinski definition) is 3. The zero-order valence-corrected chi connectivity index (χ0v) is 11.6. The van der Waals surface area contributed by atoms with Crippen LogP contribution in [0.1, 0.15) is 19.3 Å². The highest BCUT2D eigenvalue weighted by molar-refractivity contribution is 6.39. The number of carbonyl (C=O) groups excluding carboxylic acids is 2. The van der Waals surface area contributed by atoms with Crippen LogP contribution in [0.25, 0.3) is 0 Å². The number of para-hydroxylation sites is 1. The predicted octanol–water partition coefficient (Wildman–Crippen LogP) is 3.28. The minimum atomic E-state index is -0.456. The Morgan fingerprint density at radius 3 is 2.42 bits per heavy atom. The quantitative estimate of drug-likeness (QED) is 0.868. The maximum absolute atomic E-state index is 11.6. The van der Waals surface area contributed by atoms with Crippen LogP contribution in [0.3, 0.4) is 0 Å². The Labute approximate surface area is 121 Å². The van der Waals surface area contributed by atoms with Gasteiger partial charge < -0.3 is 10.1 Å². The fraction of sp³-hybridized carbons (Fsp3) is 0.385. The third-order valence-corrected chi connectivity index (χ3v) is 3.64. The highest BCUT2D eigenvalue weighted by atomic mass is 35.5. The van der Waals surface area contributed by atoms with E-state index in [-0.39, 0.29) is 18.5 Å². The van der Waals surface area contributed by atoms with Crippen LogP contribution in [0.4, 0.5) is 5.69 Å². The minimum Gasteiger partial charge on any atom is -0.455 e. The van der Waals surface area contributed by atoms with E-state index >= 15 is 0 Å². The fourth-order valence-corrected chi connectivity index (χ4v) is 2.18. The summed E-state index contributed by atoms with van der Waals surface area (Å²) in [6.45, 7) is -0.323. The summed E-state index contributed by atoms with van der Waals surface area (Å²) in [5.41, 5.74) is 0.329. The second kappa shape index (κ2) is 6.26. The lowest BCUT2D eigenvalue weighted by atomic mass is 9.86. The molecule has 4 nitrogen and oxygen atoms in total. The van der Waals surface area contributed by atoms with Crippen molar-refractivity contribution in [1.29, 1.82) is 0 Å². The first-order valence-electron chi connectivity index (χ1n) is 5.98. The molecule has 0 unspecified atom stereocenters. The van der Waals surface area contributed by atoms with Gasteiger partial charge in [0.15, 0.2) is 6.61 Å². The number of benzene rings is 1.